The van der Waals surface area contributed by atoms with E-state index in [0.717, 1.165) is 43.9 Å². The molecule has 3 N–H and O–H groups in total. The van der Waals surface area contributed by atoms with Crippen LogP contribution in [0.2, 0.25) is 0 Å². The van der Waals surface area contributed by atoms with Gasteiger partial charge in [0.1, 0.15) is 12.3 Å². The van der Waals surface area contributed by atoms with E-state index in [2.05, 4.69) is 10.3 Å². The lowest BCUT2D eigenvalue weighted by molar-refractivity contribution is -0.145. The minimum absolute atomic E-state index is 0.0870. The summed E-state index contributed by atoms with van der Waals surface area (Å²) in [5, 5.41) is 21.0. The van der Waals surface area contributed by atoms with Gasteiger partial charge in [-0.05, 0) is 18.8 Å². The highest BCUT2D eigenvalue weighted by molar-refractivity contribution is 8.02. The van der Waals surface area contributed by atoms with Gasteiger partial charge in [0, 0.05) is 12.3 Å². The molecule has 1 heterocycles. The highest BCUT2D eigenvalue weighted by atomic mass is 32.2. The number of carboxylic acids is 2. The first-order valence-corrected chi connectivity index (χ1v) is 8.39. The first kappa shape index (κ1) is 17.0. The van der Waals surface area contributed by atoms with Crippen LogP contribution in [0.25, 0.3) is 0 Å². The summed E-state index contributed by atoms with van der Waals surface area (Å²) in [6, 6.07) is -0.911. The minimum atomic E-state index is -1.70. The zero-order valence-corrected chi connectivity index (χ0v) is 13.0. The van der Waals surface area contributed by atoms with Crippen LogP contribution in [-0.2, 0) is 14.4 Å². The van der Waals surface area contributed by atoms with E-state index in [-0.39, 0.29) is 5.92 Å². The van der Waals surface area contributed by atoms with Crippen LogP contribution < -0.4 is 5.32 Å². The number of nitrogens with zero attached hydrogens (tertiary/aromatic N) is 1. The SMILES string of the molecule is O=C(O)C=N[C@@H](C(=O)C1(C(=O)O)NCCS1)C1CCCCC1. The lowest BCUT2D eigenvalue weighted by Crippen LogP contribution is -2.57. The van der Waals surface area contributed by atoms with E-state index in [0.29, 0.717) is 18.5 Å². The van der Waals surface area contributed by atoms with Crippen molar-refractivity contribution in [2.75, 3.05) is 12.3 Å². The molecule has 1 aliphatic heterocycles. The molecule has 0 spiro atoms. The summed E-state index contributed by atoms with van der Waals surface area (Å²) in [6.07, 6.45) is 5.25. The zero-order chi connectivity index (χ0) is 16.2. The summed E-state index contributed by atoms with van der Waals surface area (Å²) < 4.78 is 0. The number of ketones is 1. The number of nitrogens with one attached hydrogen (secondary N) is 1. The molecule has 1 aliphatic carbocycles. The maximum absolute atomic E-state index is 12.8. The van der Waals surface area contributed by atoms with Crippen molar-refractivity contribution in [1.82, 2.24) is 5.32 Å². The Bertz CT molecular complexity index is 482. The van der Waals surface area contributed by atoms with Gasteiger partial charge in [-0.3, -0.25) is 15.1 Å². The van der Waals surface area contributed by atoms with Gasteiger partial charge in [0.2, 0.25) is 4.87 Å². The van der Waals surface area contributed by atoms with Crippen LogP contribution in [0.5, 0.6) is 0 Å². The lowest BCUT2D eigenvalue weighted by atomic mass is 9.81. The monoisotopic (exact) mass is 328 g/mol. The fourth-order valence-corrected chi connectivity index (χ4v) is 4.19. The molecule has 0 radical (unpaired) electrons. The fourth-order valence-electron chi connectivity index (χ4n) is 3.09. The van der Waals surface area contributed by atoms with E-state index in [9.17, 15) is 19.5 Å². The molecular formula is C14H20N2O5S. The topological polar surface area (TPSA) is 116 Å². The highest BCUT2D eigenvalue weighted by Crippen LogP contribution is 2.35. The maximum Gasteiger partial charge on any atom is 0.346 e. The van der Waals surface area contributed by atoms with E-state index in [4.69, 9.17) is 5.11 Å². The Hall–Kier alpha value is -1.41. The number of hydrogen-bond acceptors (Lipinski definition) is 6. The van der Waals surface area contributed by atoms with Crippen LogP contribution in [0.4, 0.5) is 0 Å². The Morgan fingerprint density at radius 3 is 2.41 bits per heavy atom. The zero-order valence-electron chi connectivity index (χ0n) is 12.2. The molecule has 7 nitrogen and oxygen atoms in total. The fraction of sp³-hybridized carbons (Fsp3) is 0.714. The largest absolute Gasteiger partial charge is 0.479 e. The van der Waals surface area contributed by atoms with Crippen molar-refractivity contribution in [3.05, 3.63) is 0 Å². The van der Waals surface area contributed by atoms with Crippen LogP contribution in [-0.4, -0.2) is 57.4 Å². The van der Waals surface area contributed by atoms with Crippen LogP contribution in [0.15, 0.2) is 4.99 Å². The van der Waals surface area contributed by atoms with Crippen molar-refractivity contribution < 1.29 is 24.6 Å². The second kappa shape index (κ2) is 7.23. The summed E-state index contributed by atoms with van der Waals surface area (Å²) >= 11 is 1.05. The number of Topliss-reactive ketones (excluding diaryl/α,β-unsaturated/α-hetero) is 1. The first-order chi connectivity index (χ1) is 10.5. The molecule has 2 atom stereocenters. The molecule has 8 heteroatoms. The quantitative estimate of drug-likeness (QED) is 0.487. The second-order valence-electron chi connectivity index (χ2n) is 5.59. The number of carbonyl (C=O) groups excluding carboxylic acids is 1. The molecule has 0 aromatic rings. The molecule has 0 bridgehead atoms. The van der Waals surface area contributed by atoms with Gasteiger partial charge >= 0.3 is 11.9 Å². The van der Waals surface area contributed by atoms with Crippen LogP contribution >= 0.6 is 11.8 Å². The Labute approximate surface area is 132 Å². The molecule has 2 rings (SSSR count). The molecule has 0 aromatic heterocycles. The van der Waals surface area contributed by atoms with Crippen molar-refractivity contribution in [3.63, 3.8) is 0 Å². The number of aliphatic carboxylic acids is 2. The normalized spacial score (nSPS) is 27.8. The Morgan fingerprint density at radius 1 is 1.23 bits per heavy atom. The predicted octanol–water partition coefficient (Wildman–Crippen LogP) is 0.777. The molecule has 22 heavy (non-hydrogen) atoms. The highest BCUT2D eigenvalue weighted by Gasteiger charge is 2.53. The van der Waals surface area contributed by atoms with Crippen molar-refractivity contribution >= 4 is 35.7 Å². The van der Waals surface area contributed by atoms with E-state index < -0.39 is 28.6 Å². The summed E-state index contributed by atoms with van der Waals surface area (Å²) in [4.78, 5) is 37.4. The van der Waals surface area contributed by atoms with E-state index in [1.54, 1.807) is 0 Å². The van der Waals surface area contributed by atoms with Gasteiger partial charge in [-0.15, -0.1) is 11.8 Å². The molecule has 2 fully saturated rings. The average molecular weight is 328 g/mol. The second-order valence-corrected chi connectivity index (χ2v) is 6.89. The van der Waals surface area contributed by atoms with Gasteiger partial charge in [0.25, 0.3) is 0 Å². The van der Waals surface area contributed by atoms with Gasteiger partial charge in [0.05, 0.1) is 0 Å². The Kier molecular flexibility index (Phi) is 5.57. The van der Waals surface area contributed by atoms with Gasteiger partial charge in [-0.1, -0.05) is 19.3 Å². The van der Waals surface area contributed by atoms with Crippen molar-refractivity contribution in [3.8, 4) is 0 Å². The minimum Gasteiger partial charge on any atom is -0.479 e. The summed E-state index contributed by atoms with van der Waals surface area (Å²) in [7, 11) is 0. The van der Waals surface area contributed by atoms with Crippen molar-refractivity contribution in [2.45, 2.75) is 43.0 Å². The molecular weight excluding hydrogens is 308 g/mol. The van der Waals surface area contributed by atoms with Crippen LogP contribution in [0.1, 0.15) is 32.1 Å². The number of aliphatic imine (C=N–C) groups is 1. The smallest absolute Gasteiger partial charge is 0.346 e. The van der Waals surface area contributed by atoms with Gasteiger partial charge < -0.3 is 10.2 Å². The van der Waals surface area contributed by atoms with Gasteiger partial charge in [-0.2, -0.15) is 0 Å². The van der Waals surface area contributed by atoms with E-state index >= 15 is 0 Å². The molecule has 0 aromatic carbocycles. The third-order valence-corrected chi connectivity index (χ3v) is 5.51. The summed E-state index contributed by atoms with van der Waals surface area (Å²) in [5.41, 5.74) is 0. The van der Waals surface area contributed by atoms with Crippen molar-refractivity contribution in [1.29, 1.82) is 0 Å². The van der Waals surface area contributed by atoms with Crippen LogP contribution in [0.3, 0.4) is 0 Å². The first-order valence-electron chi connectivity index (χ1n) is 7.40. The predicted molar refractivity (Wildman–Crippen MR) is 82.3 cm³/mol. The number of hydrogen-bond donors (Lipinski definition) is 3. The molecule has 1 saturated heterocycles. The molecule has 2 aliphatic rings. The number of rotatable bonds is 6. The third-order valence-electron chi connectivity index (χ3n) is 4.15. The molecule has 1 saturated carbocycles. The number of carbonyl (C=O) groups is 3. The number of carboxylic acid groups (broad SMARTS) is 2. The molecule has 1 unspecified atom stereocenters. The average Bonchev–Trinajstić information content (AvgIpc) is 2.99. The molecule has 122 valence electrons. The Balaban J connectivity index is 2.28. The van der Waals surface area contributed by atoms with Crippen molar-refractivity contribution in [2.24, 2.45) is 10.9 Å². The standard InChI is InChI=1S/C14H20N2O5S/c17-10(18)8-15-11(9-4-2-1-3-5-9)12(19)14(13(20)21)16-6-7-22-14/h8-9,11,16H,1-7H2,(H,17,18)(H,20,21)/t11-,14?/m1/s1. The summed E-state index contributed by atoms with van der Waals surface area (Å²) in [6.45, 7) is 0.433. The summed E-state index contributed by atoms with van der Waals surface area (Å²) in [5.74, 6) is -2.56. The lowest BCUT2D eigenvalue weighted by Gasteiger charge is -2.31. The Morgan fingerprint density at radius 2 is 1.91 bits per heavy atom. The third kappa shape index (κ3) is 3.49. The van der Waals surface area contributed by atoms with E-state index in [1.165, 1.54) is 0 Å². The maximum atomic E-state index is 12.8. The van der Waals surface area contributed by atoms with Gasteiger partial charge in [0.15, 0.2) is 5.78 Å². The van der Waals surface area contributed by atoms with Gasteiger partial charge in [-0.25, -0.2) is 9.59 Å². The van der Waals surface area contributed by atoms with E-state index in [1.807, 2.05) is 0 Å². The van der Waals surface area contributed by atoms with Crippen LogP contribution in [0, 0.1) is 5.92 Å². The number of thioether (sulfide) groups is 1. The molecule has 0 amide bonds.